The van der Waals surface area contributed by atoms with E-state index in [0.717, 1.165) is 17.9 Å². The molecule has 13 heavy (non-hydrogen) atoms. The molecule has 1 heterocycles. The molecule has 0 atom stereocenters. The third-order valence-electron chi connectivity index (χ3n) is 2.15. The Morgan fingerprint density at radius 2 is 2.00 bits per heavy atom. The molecule has 68 valence electrons. The molecule has 1 aromatic carbocycles. The van der Waals surface area contributed by atoms with Gasteiger partial charge in [0.05, 0.1) is 5.69 Å². The van der Waals surface area contributed by atoms with Crippen molar-refractivity contribution in [1.29, 1.82) is 0 Å². The van der Waals surface area contributed by atoms with Crippen LogP contribution in [0.3, 0.4) is 0 Å². The monoisotopic (exact) mass is 175 g/mol. The Bertz CT molecular complexity index is 327. The number of nitrogens with two attached hydrogens (primary N) is 1. The van der Waals surface area contributed by atoms with Crippen LogP contribution in [-0.2, 0) is 0 Å². The van der Waals surface area contributed by atoms with Crippen LogP contribution in [0.5, 0.6) is 0 Å². The quantitative estimate of drug-likeness (QED) is 0.635. The molecule has 0 spiro atoms. The van der Waals surface area contributed by atoms with Crippen molar-refractivity contribution in [3.05, 3.63) is 36.0 Å². The van der Waals surface area contributed by atoms with Gasteiger partial charge in [-0.2, -0.15) is 0 Å². The van der Waals surface area contributed by atoms with Crippen molar-refractivity contribution in [1.82, 2.24) is 5.43 Å². The van der Waals surface area contributed by atoms with Gasteiger partial charge in [0.1, 0.15) is 0 Å². The summed E-state index contributed by atoms with van der Waals surface area (Å²) in [6.07, 6.45) is 2.15. The smallest absolute Gasteiger partial charge is 0.0575 e. The molecule has 1 aliphatic heterocycles. The van der Waals surface area contributed by atoms with Crippen LogP contribution < -0.4 is 16.2 Å². The Morgan fingerprint density at radius 1 is 1.31 bits per heavy atom. The summed E-state index contributed by atoms with van der Waals surface area (Å²) in [6, 6.07) is 7.82. The highest BCUT2D eigenvalue weighted by molar-refractivity contribution is 5.56. The lowest BCUT2D eigenvalue weighted by Gasteiger charge is -2.20. The second-order valence-corrected chi connectivity index (χ2v) is 3.13. The molecule has 0 saturated heterocycles. The predicted octanol–water partition coefficient (Wildman–Crippen LogP) is 1.50. The summed E-state index contributed by atoms with van der Waals surface area (Å²) in [5.41, 5.74) is 12.0. The van der Waals surface area contributed by atoms with Gasteiger partial charge in [0.25, 0.3) is 0 Å². The molecule has 0 bridgehead atoms. The maximum absolute atomic E-state index is 5.61. The minimum atomic E-state index is 0.796. The van der Waals surface area contributed by atoms with Crippen molar-refractivity contribution in [2.24, 2.45) is 0 Å². The number of benzene rings is 1. The van der Waals surface area contributed by atoms with E-state index in [2.05, 4.69) is 23.4 Å². The van der Waals surface area contributed by atoms with E-state index in [0.29, 0.717) is 0 Å². The standard InChI is InChI=1S/C10H13N3/c1-8-6-7-12-13(8)10-4-2-9(11)3-5-10/h2-6,12H,7,11H2,1H3. The highest BCUT2D eigenvalue weighted by Gasteiger charge is 2.11. The lowest BCUT2D eigenvalue weighted by molar-refractivity contribution is 0.793. The number of nitrogens with one attached hydrogen (secondary N) is 1. The zero-order valence-electron chi connectivity index (χ0n) is 7.62. The van der Waals surface area contributed by atoms with Gasteiger partial charge in [-0.25, -0.2) is 5.43 Å². The van der Waals surface area contributed by atoms with Crippen molar-refractivity contribution in [2.75, 3.05) is 17.3 Å². The van der Waals surface area contributed by atoms with Gasteiger partial charge < -0.3 is 5.73 Å². The number of hydrogen-bond acceptors (Lipinski definition) is 3. The van der Waals surface area contributed by atoms with Crippen molar-refractivity contribution >= 4 is 11.4 Å². The summed E-state index contributed by atoms with van der Waals surface area (Å²) in [5.74, 6) is 0. The molecule has 0 unspecified atom stereocenters. The van der Waals surface area contributed by atoms with Gasteiger partial charge in [-0.1, -0.05) is 0 Å². The van der Waals surface area contributed by atoms with Crippen LogP contribution in [0.4, 0.5) is 11.4 Å². The van der Waals surface area contributed by atoms with E-state index in [1.807, 2.05) is 24.3 Å². The summed E-state index contributed by atoms with van der Waals surface area (Å²) >= 11 is 0. The third-order valence-corrected chi connectivity index (χ3v) is 2.15. The molecule has 2 rings (SSSR count). The van der Waals surface area contributed by atoms with Crippen LogP contribution in [0.15, 0.2) is 36.0 Å². The Balaban J connectivity index is 2.26. The van der Waals surface area contributed by atoms with Crippen LogP contribution in [0, 0.1) is 0 Å². The summed E-state index contributed by atoms with van der Waals surface area (Å²) in [6.45, 7) is 2.98. The molecule has 1 aliphatic rings. The van der Waals surface area contributed by atoms with E-state index in [1.54, 1.807) is 0 Å². The van der Waals surface area contributed by atoms with E-state index < -0.39 is 0 Å². The maximum atomic E-state index is 5.61. The molecule has 3 N–H and O–H groups in total. The van der Waals surface area contributed by atoms with Crippen LogP contribution >= 0.6 is 0 Å². The van der Waals surface area contributed by atoms with Gasteiger partial charge in [-0.05, 0) is 37.3 Å². The fourth-order valence-corrected chi connectivity index (χ4v) is 1.42. The summed E-state index contributed by atoms with van der Waals surface area (Å²) in [4.78, 5) is 0. The van der Waals surface area contributed by atoms with Gasteiger partial charge in [-0.3, -0.25) is 5.01 Å². The first-order valence-corrected chi connectivity index (χ1v) is 4.33. The number of anilines is 2. The van der Waals surface area contributed by atoms with Gasteiger partial charge in [0.2, 0.25) is 0 Å². The van der Waals surface area contributed by atoms with Crippen LogP contribution in [0.25, 0.3) is 0 Å². The Labute approximate surface area is 77.8 Å². The zero-order valence-corrected chi connectivity index (χ0v) is 7.62. The molecule has 3 nitrogen and oxygen atoms in total. The lowest BCUT2D eigenvalue weighted by atomic mass is 10.2. The number of allylic oxidation sites excluding steroid dienone is 1. The Morgan fingerprint density at radius 3 is 2.54 bits per heavy atom. The number of rotatable bonds is 1. The lowest BCUT2D eigenvalue weighted by Crippen LogP contribution is -2.30. The molecule has 0 saturated carbocycles. The largest absolute Gasteiger partial charge is 0.399 e. The van der Waals surface area contributed by atoms with Gasteiger partial charge in [0, 0.05) is 17.9 Å². The van der Waals surface area contributed by atoms with Crippen LogP contribution in [0.2, 0.25) is 0 Å². The first-order valence-electron chi connectivity index (χ1n) is 4.33. The normalized spacial score (nSPS) is 16.1. The first-order chi connectivity index (χ1) is 6.27. The van der Waals surface area contributed by atoms with E-state index >= 15 is 0 Å². The Kier molecular flexibility index (Phi) is 1.94. The van der Waals surface area contributed by atoms with E-state index in [-0.39, 0.29) is 0 Å². The van der Waals surface area contributed by atoms with Crippen molar-refractivity contribution < 1.29 is 0 Å². The van der Waals surface area contributed by atoms with Crippen LogP contribution in [-0.4, -0.2) is 6.54 Å². The predicted molar refractivity (Wildman–Crippen MR) is 55.1 cm³/mol. The molecule has 1 aromatic rings. The summed E-state index contributed by atoms with van der Waals surface area (Å²) in [5, 5.41) is 2.06. The number of hydrazine groups is 1. The van der Waals surface area contributed by atoms with Gasteiger partial charge in [0.15, 0.2) is 0 Å². The summed E-state index contributed by atoms with van der Waals surface area (Å²) in [7, 11) is 0. The summed E-state index contributed by atoms with van der Waals surface area (Å²) < 4.78 is 0. The second-order valence-electron chi connectivity index (χ2n) is 3.13. The molecule has 0 amide bonds. The van der Waals surface area contributed by atoms with Crippen molar-refractivity contribution in [2.45, 2.75) is 6.92 Å². The molecular weight excluding hydrogens is 162 g/mol. The van der Waals surface area contributed by atoms with E-state index in [1.165, 1.54) is 5.70 Å². The zero-order chi connectivity index (χ0) is 9.26. The molecular formula is C10H13N3. The minimum absolute atomic E-state index is 0.796. The molecule has 0 radical (unpaired) electrons. The number of nitrogens with zero attached hydrogens (tertiary/aromatic N) is 1. The molecule has 3 heteroatoms. The van der Waals surface area contributed by atoms with E-state index in [9.17, 15) is 0 Å². The molecule has 0 aliphatic carbocycles. The minimum Gasteiger partial charge on any atom is -0.399 e. The van der Waals surface area contributed by atoms with E-state index in [4.69, 9.17) is 5.73 Å². The third kappa shape index (κ3) is 1.51. The SMILES string of the molecule is CC1=CCNN1c1ccc(N)cc1. The average Bonchev–Trinajstić information content (AvgIpc) is 2.53. The first kappa shape index (κ1) is 8.13. The maximum Gasteiger partial charge on any atom is 0.0575 e. The Hall–Kier alpha value is -1.48. The molecule has 0 fully saturated rings. The molecule has 0 aromatic heterocycles. The van der Waals surface area contributed by atoms with Crippen LogP contribution in [0.1, 0.15) is 6.92 Å². The topological polar surface area (TPSA) is 41.3 Å². The second kappa shape index (κ2) is 3.11. The van der Waals surface area contributed by atoms with Crippen molar-refractivity contribution in [3.63, 3.8) is 0 Å². The fourth-order valence-electron chi connectivity index (χ4n) is 1.42. The number of nitrogen functional groups attached to an aromatic ring is 1. The number of hydrogen-bond donors (Lipinski definition) is 2. The van der Waals surface area contributed by atoms with Gasteiger partial charge in [-0.15, -0.1) is 0 Å². The van der Waals surface area contributed by atoms with Gasteiger partial charge >= 0.3 is 0 Å². The highest BCUT2D eigenvalue weighted by Crippen LogP contribution is 2.20. The highest BCUT2D eigenvalue weighted by atomic mass is 15.5. The fraction of sp³-hybridized carbons (Fsp3) is 0.200. The van der Waals surface area contributed by atoms with Crippen molar-refractivity contribution in [3.8, 4) is 0 Å². The average molecular weight is 175 g/mol.